The third kappa shape index (κ3) is 13.6. The van der Waals surface area contributed by atoms with Crippen LogP contribution in [-0.2, 0) is 19.2 Å². The minimum Gasteiger partial charge on any atom is -0.480 e. The van der Waals surface area contributed by atoms with Gasteiger partial charge in [0.05, 0.1) is 6.04 Å². The summed E-state index contributed by atoms with van der Waals surface area (Å²) in [6.45, 7) is 3.78. The van der Waals surface area contributed by atoms with Gasteiger partial charge in [0.25, 0.3) is 0 Å². The summed E-state index contributed by atoms with van der Waals surface area (Å²) in [6.07, 6.45) is 0.884. The molecule has 0 aromatic carbocycles. The number of aliphatic imine (C=N–C) groups is 2. The van der Waals surface area contributed by atoms with Crippen molar-refractivity contribution in [2.24, 2.45) is 44.6 Å². The number of thiol groups is 1. The fourth-order valence-electron chi connectivity index (χ4n) is 2.95. The molecule has 36 heavy (non-hydrogen) atoms. The Labute approximate surface area is 215 Å². The molecule has 4 unspecified atom stereocenters. The zero-order valence-electron chi connectivity index (χ0n) is 20.6. The minimum atomic E-state index is -1.24. The molecule has 0 aromatic heterocycles. The van der Waals surface area contributed by atoms with Crippen LogP contribution in [0.25, 0.3) is 0 Å². The van der Waals surface area contributed by atoms with Crippen molar-refractivity contribution in [3.05, 3.63) is 0 Å². The maximum atomic E-state index is 13.0. The molecule has 0 radical (unpaired) electrons. The topological polar surface area (TPSA) is 279 Å². The molecular formula is C20H40N10O5S. The van der Waals surface area contributed by atoms with Crippen LogP contribution in [0.3, 0.4) is 0 Å². The maximum Gasteiger partial charge on any atom is 0.326 e. The van der Waals surface area contributed by atoms with Gasteiger partial charge in [-0.15, -0.1) is 0 Å². The lowest BCUT2D eigenvalue weighted by atomic mass is 10.0. The molecule has 0 fully saturated rings. The summed E-state index contributed by atoms with van der Waals surface area (Å²) in [6, 6.07) is -4.27. The van der Waals surface area contributed by atoms with Gasteiger partial charge in [0.2, 0.25) is 17.7 Å². The molecule has 16 heteroatoms. The molecule has 0 aromatic rings. The maximum absolute atomic E-state index is 13.0. The van der Waals surface area contributed by atoms with Crippen LogP contribution in [0.5, 0.6) is 0 Å². The molecule has 0 rings (SSSR count). The fourth-order valence-corrected chi connectivity index (χ4v) is 3.11. The molecule has 0 saturated carbocycles. The molecule has 4 atom stereocenters. The number of hydrogen-bond donors (Lipinski definition) is 10. The van der Waals surface area contributed by atoms with Crippen LogP contribution in [-0.4, -0.2) is 83.7 Å². The monoisotopic (exact) mass is 532 g/mol. The van der Waals surface area contributed by atoms with E-state index in [9.17, 15) is 24.3 Å². The van der Waals surface area contributed by atoms with Gasteiger partial charge in [-0.1, -0.05) is 13.8 Å². The number of nitrogens with zero attached hydrogens (tertiary/aromatic N) is 2. The number of guanidine groups is 2. The third-order valence-corrected chi connectivity index (χ3v) is 5.31. The number of carboxylic acid groups (broad SMARTS) is 1. The summed E-state index contributed by atoms with van der Waals surface area (Å²) in [5.41, 5.74) is 26.8. The molecule has 0 spiro atoms. The molecule has 14 N–H and O–H groups in total. The normalized spacial score (nSPS) is 14.0. The Hall–Kier alpha value is -3.27. The molecule has 0 aliphatic heterocycles. The molecule has 0 bridgehead atoms. The van der Waals surface area contributed by atoms with Crippen molar-refractivity contribution < 1.29 is 24.3 Å². The SMILES string of the molecule is CC(C)C(NC(=O)C(CCCN=C(N)N)NC(=O)C(N)CS)C(=O)NC(CCCN=C(N)N)C(=O)O. The highest BCUT2D eigenvalue weighted by Crippen LogP contribution is 2.07. The average Bonchev–Trinajstić information content (AvgIpc) is 2.79. The summed E-state index contributed by atoms with van der Waals surface area (Å²) in [7, 11) is 0. The highest BCUT2D eigenvalue weighted by Gasteiger charge is 2.31. The van der Waals surface area contributed by atoms with Crippen LogP contribution in [0.1, 0.15) is 39.5 Å². The first kappa shape index (κ1) is 32.7. The van der Waals surface area contributed by atoms with E-state index in [2.05, 4.69) is 38.6 Å². The second-order valence-electron chi connectivity index (χ2n) is 8.38. The number of nitrogens with two attached hydrogens (primary N) is 5. The van der Waals surface area contributed by atoms with Gasteiger partial charge in [0.15, 0.2) is 11.9 Å². The van der Waals surface area contributed by atoms with Crippen molar-refractivity contribution in [3.63, 3.8) is 0 Å². The van der Waals surface area contributed by atoms with Gasteiger partial charge < -0.3 is 49.7 Å². The predicted octanol–water partition coefficient (Wildman–Crippen LogP) is -3.45. The van der Waals surface area contributed by atoms with E-state index in [0.717, 1.165) is 0 Å². The first-order valence-corrected chi connectivity index (χ1v) is 12.0. The molecule has 0 aliphatic carbocycles. The van der Waals surface area contributed by atoms with Crippen LogP contribution in [0, 0.1) is 5.92 Å². The second-order valence-corrected chi connectivity index (χ2v) is 8.74. The Bertz CT molecular complexity index is 800. The summed E-state index contributed by atoms with van der Waals surface area (Å²) in [5, 5.41) is 17.1. The van der Waals surface area contributed by atoms with Crippen molar-refractivity contribution in [3.8, 4) is 0 Å². The number of carbonyl (C=O) groups is 4. The van der Waals surface area contributed by atoms with Crippen molar-refractivity contribution in [2.45, 2.75) is 63.7 Å². The Kier molecular flexibility index (Phi) is 15.6. The largest absolute Gasteiger partial charge is 0.480 e. The summed E-state index contributed by atoms with van der Waals surface area (Å²) in [5.74, 6) is -3.74. The number of hydrogen-bond acceptors (Lipinski definition) is 8. The molecular weight excluding hydrogens is 492 g/mol. The number of amides is 3. The minimum absolute atomic E-state index is 0.0605. The predicted molar refractivity (Wildman–Crippen MR) is 140 cm³/mol. The van der Waals surface area contributed by atoms with Crippen LogP contribution in [0.15, 0.2) is 9.98 Å². The fraction of sp³-hybridized carbons (Fsp3) is 0.700. The third-order valence-electron chi connectivity index (χ3n) is 4.92. The van der Waals surface area contributed by atoms with Crippen LogP contribution in [0.2, 0.25) is 0 Å². The highest BCUT2D eigenvalue weighted by molar-refractivity contribution is 7.80. The van der Waals surface area contributed by atoms with Gasteiger partial charge in [0.1, 0.15) is 18.1 Å². The smallest absolute Gasteiger partial charge is 0.326 e. The quantitative estimate of drug-likeness (QED) is 0.0382. The lowest BCUT2D eigenvalue weighted by Crippen LogP contribution is -2.58. The van der Waals surface area contributed by atoms with E-state index >= 15 is 0 Å². The van der Waals surface area contributed by atoms with E-state index in [1.807, 2.05) is 0 Å². The second kappa shape index (κ2) is 17.2. The molecule has 3 amide bonds. The van der Waals surface area contributed by atoms with Crippen molar-refractivity contribution in [2.75, 3.05) is 18.8 Å². The Balaban J connectivity index is 5.41. The van der Waals surface area contributed by atoms with E-state index in [1.54, 1.807) is 13.8 Å². The number of carboxylic acids is 1. The summed E-state index contributed by atoms with van der Waals surface area (Å²) >= 11 is 3.98. The van der Waals surface area contributed by atoms with Gasteiger partial charge in [-0.2, -0.15) is 12.6 Å². The lowest BCUT2D eigenvalue weighted by molar-refractivity contribution is -0.142. The molecule has 0 aliphatic rings. The van der Waals surface area contributed by atoms with Crippen LogP contribution in [0.4, 0.5) is 0 Å². The standard InChI is InChI=1S/C20H40N10O5S/c1-10(2)14(17(33)29-13(18(34)35)6-4-8-27-20(24)25)30-16(32)12(5-3-7-26-19(22)23)28-15(31)11(21)9-36/h10-14,36H,3-9,21H2,1-2H3,(H,28,31)(H,29,33)(H,30,32)(H,34,35)(H4,22,23,26)(H4,24,25,27). The van der Waals surface area contributed by atoms with E-state index in [0.29, 0.717) is 12.8 Å². The Morgan fingerprint density at radius 1 is 0.806 bits per heavy atom. The zero-order chi connectivity index (χ0) is 27.8. The molecule has 0 saturated heterocycles. The van der Waals surface area contributed by atoms with E-state index in [4.69, 9.17) is 28.7 Å². The number of aliphatic carboxylic acids is 1. The first-order chi connectivity index (χ1) is 16.8. The van der Waals surface area contributed by atoms with Gasteiger partial charge in [-0.25, -0.2) is 4.79 Å². The van der Waals surface area contributed by atoms with E-state index in [-0.39, 0.29) is 43.6 Å². The van der Waals surface area contributed by atoms with Crippen LogP contribution >= 0.6 is 12.6 Å². The number of rotatable bonds is 17. The Morgan fingerprint density at radius 3 is 1.69 bits per heavy atom. The molecule has 206 valence electrons. The van der Waals surface area contributed by atoms with Gasteiger partial charge in [0, 0.05) is 18.8 Å². The van der Waals surface area contributed by atoms with Gasteiger partial charge in [-0.3, -0.25) is 24.4 Å². The van der Waals surface area contributed by atoms with E-state index in [1.165, 1.54) is 0 Å². The summed E-state index contributed by atoms with van der Waals surface area (Å²) < 4.78 is 0. The average molecular weight is 533 g/mol. The zero-order valence-corrected chi connectivity index (χ0v) is 21.5. The Morgan fingerprint density at radius 2 is 1.28 bits per heavy atom. The van der Waals surface area contributed by atoms with Gasteiger partial charge >= 0.3 is 5.97 Å². The first-order valence-electron chi connectivity index (χ1n) is 11.4. The number of carbonyl (C=O) groups excluding carboxylic acids is 3. The number of nitrogens with one attached hydrogen (secondary N) is 3. The lowest BCUT2D eigenvalue weighted by Gasteiger charge is -2.27. The van der Waals surface area contributed by atoms with Crippen molar-refractivity contribution in [1.82, 2.24) is 16.0 Å². The van der Waals surface area contributed by atoms with E-state index < -0.39 is 53.8 Å². The van der Waals surface area contributed by atoms with Crippen molar-refractivity contribution in [1.29, 1.82) is 0 Å². The molecule has 15 nitrogen and oxygen atoms in total. The van der Waals surface area contributed by atoms with Crippen molar-refractivity contribution >= 4 is 48.2 Å². The highest BCUT2D eigenvalue weighted by atomic mass is 32.1. The van der Waals surface area contributed by atoms with Crippen LogP contribution < -0.4 is 44.6 Å². The summed E-state index contributed by atoms with van der Waals surface area (Å²) in [4.78, 5) is 57.4. The molecule has 0 heterocycles. The van der Waals surface area contributed by atoms with Gasteiger partial charge in [-0.05, 0) is 31.6 Å².